The van der Waals surface area contributed by atoms with Gasteiger partial charge in [0.1, 0.15) is 4.90 Å². The van der Waals surface area contributed by atoms with Crippen molar-refractivity contribution in [1.29, 1.82) is 0 Å². The molecule has 2 aromatic carbocycles. The molecule has 0 unspecified atom stereocenters. The van der Waals surface area contributed by atoms with Gasteiger partial charge in [-0.05, 0) is 17.7 Å². The van der Waals surface area contributed by atoms with Crippen LogP contribution in [0.2, 0.25) is 0 Å². The molecule has 3 N–H and O–H groups in total. The van der Waals surface area contributed by atoms with Gasteiger partial charge in [0.15, 0.2) is 0 Å². The van der Waals surface area contributed by atoms with Crippen LogP contribution in [0, 0.1) is 0 Å². The zero-order chi connectivity index (χ0) is 15.3. The summed E-state index contributed by atoms with van der Waals surface area (Å²) in [7, 11) is -3.74. The molecular weight excluding hydrogens is 288 g/mol. The molecule has 5 nitrogen and oxygen atoms in total. The van der Waals surface area contributed by atoms with Crippen molar-refractivity contribution in [3.05, 3.63) is 60.2 Å². The van der Waals surface area contributed by atoms with E-state index in [0.717, 1.165) is 5.56 Å². The average Bonchev–Trinajstić information content (AvgIpc) is 2.48. The van der Waals surface area contributed by atoms with Gasteiger partial charge in [0.05, 0.1) is 12.3 Å². The first-order chi connectivity index (χ1) is 10.1. The van der Waals surface area contributed by atoms with Crippen LogP contribution in [0.15, 0.2) is 59.5 Å². The van der Waals surface area contributed by atoms with Gasteiger partial charge in [-0.15, -0.1) is 0 Å². The molecule has 0 saturated heterocycles. The molecule has 0 aliphatic carbocycles. The lowest BCUT2D eigenvalue weighted by Gasteiger charge is -2.22. The highest BCUT2D eigenvalue weighted by molar-refractivity contribution is 7.89. The summed E-state index contributed by atoms with van der Waals surface area (Å²) in [4.78, 5) is 0.0642. The van der Waals surface area contributed by atoms with Crippen LogP contribution in [0.25, 0.3) is 0 Å². The topological polar surface area (TPSA) is 83.6 Å². The Morgan fingerprint density at radius 2 is 1.62 bits per heavy atom. The normalized spacial score (nSPS) is 11.7. The van der Waals surface area contributed by atoms with Crippen molar-refractivity contribution in [2.24, 2.45) is 0 Å². The van der Waals surface area contributed by atoms with Crippen LogP contribution in [-0.4, -0.2) is 31.0 Å². The summed E-state index contributed by atoms with van der Waals surface area (Å²) >= 11 is 0. The molecule has 0 fully saturated rings. The number of nitrogens with two attached hydrogens (primary N) is 1. The van der Waals surface area contributed by atoms with E-state index in [1.807, 2.05) is 30.3 Å². The highest BCUT2D eigenvalue weighted by atomic mass is 32.2. The highest BCUT2D eigenvalue weighted by Gasteiger charge is 2.25. The van der Waals surface area contributed by atoms with Crippen molar-refractivity contribution in [2.45, 2.75) is 11.4 Å². The van der Waals surface area contributed by atoms with E-state index in [2.05, 4.69) is 0 Å². The third-order valence-corrected chi connectivity index (χ3v) is 5.01. The lowest BCUT2D eigenvalue weighted by Crippen LogP contribution is -2.33. The monoisotopic (exact) mass is 306 g/mol. The summed E-state index contributed by atoms with van der Waals surface area (Å²) in [5, 5.41) is 9.16. The first-order valence-corrected chi connectivity index (χ1v) is 7.99. The number of para-hydroxylation sites is 1. The number of aliphatic hydroxyl groups excluding tert-OH is 1. The van der Waals surface area contributed by atoms with E-state index in [4.69, 9.17) is 10.8 Å². The van der Waals surface area contributed by atoms with E-state index in [1.165, 1.54) is 10.4 Å². The molecule has 0 bridgehead atoms. The number of hydrogen-bond acceptors (Lipinski definition) is 4. The van der Waals surface area contributed by atoms with Crippen LogP contribution in [0.4, 0.5) is 5.69 Å². The molecule has 0 amide bonds. The number of rotatable bonds is 6. The maximum Gasteiger partial charge on any atom is 0.245 e. The Kier molecular flexibility index (Phi) is 4.95. The summed E-state index contributed by atoms with van der Waals surface area (Å²) in [5.41, 5.74) is 6.82. The zero-order valence-corrected chi connectivity index (χ0v) is 12.3. The fraction of sp³-hybridized carbons (Fsp3) is 0.200. The van der Waals surface area contributed by atoms with Gasteiger partial charge in [-0.2, -0.15) is 4.31 Å². The van der Waals surface area contributed by atoms with Gasteiger partial charge in [-0.3, -0.25) is 0 Å². The van der Waals surface area contributed by atoms with Gasteiger partial charge < -0.3 is 10.8 Å². The van der Waals surface area contributed by atoms with Crippen LogP contribution in [0.1, 0.15) is 5.56 Å². The quantitative estimate of drug-likeness (QED) is 0.791. The summed E-state index contributed by atoms with van der Waals surface area (Å²) in [5.74, 6) is 0. The van der Waals surface area contributed by atoms with Crippen LogP contribution >= 0.6 is 0 Å². The van der Waals surface area contributed by atoms with Crippen LogP contribution in [-0.2, 0) is 16.6 Å². The van der Waals surface area contributed by atoms with Crippen LogP contribution < -0.4 is 5.73 Å². The molecule has 0 heterocycles. The fourth-order valence-corrected chi connectivity index (χ4v) is 3.57. The van der Waals surface area contributed by atoms with Gasteiger partial charge in [-0.1, -0.05) is 42.5 Å². The average molecular weight is 306 g/mol. The highest BCUT2D eigenvalue weighted by Crippen LogP contribution is 2.23. The Balaban J connectivity index is 2.35. The van der Waals surface area contributed by atoms with E-state index >= 15 is 0 Å². The number of sulfonamides is 1. The van der Waals surface area contributed by atoms with Crippen molar-refractivity contribution in [3.8, 4) is 0 Å². The van der Waals surface area contributed by atoms with E-state index in [9.17, 15) is 8.42 Å². The molecular formula is C15H18N2O3S. The number of hydrogen-bond donors (Lipinski definition) is 2. The summed E-state index contributed by atoms with van der Waals surface area (Å²) < 4.78 is 26.6. The minimum atomic E-state index is -3.74. The first kappa shape index (κ1) is 15.5. The number of anilines is 1. The molecule has 0 aliphatic rings. The third kappa shape index (κ3) is 3.60. The van der Waals surface area contributed by atoms with Crippen LogP contribution in [0.5, 0.6) is 0 Å². The minimum absolute atomic E-state index is 0.0194. The van der Waals surface area contributed by atoms with Gasteiger partial charge in [0.2, 0.25) is 10.0 Å². The molecule has 0 atom stereocenters. The summed E-state index contributed by atoms with van der Waals surface area (Å²) in [6.07, 6.45) is 0. The second-order valence-corrected chi connectivity index (χ2v) is 6.49. The van der Waals surface area contributed by atoms with Crippen LogP contribution in [0.3, 0.4) is 0 Å². The minimum Gasteiger partial charge on any atom is -0.398 e. The lowest BCUT2D eigenvalue weighted by molar-refractivity contribution is 0.251. The predicted molar refractivity (Wildman–Crippen MR) is 82.0 cm³/mol. The molecule has 2 rings (SSSR count). The number of aliphatic hydroxyl groups is 1. The maximum absolute atomic E-state index is 12.7. The Morgan fingerprint density at radius 1 is 1.00 bits per heavy atom. The molecule has 0 spiro atoms. The van der Waals surface area contributed by atoms with Crippen molar-refractivity contribution in [3.63, 3.8) is 0 Å². The Hall–Kier alpha value is -1.89. The van der Waals surface area contributed by atoms with Gasteiger partial charge in [-0.25, -0.2) is 8.42 Å². The van der Waals surface area contributed by atoms with Gasteiger partial charge in [0, 0.05) is 13.1 Å². The molecule has 2 aromatic rings. The summed E-state index contributed by atoms with van der Waals surface area (Å²) in [6.45, 7) is -0.0393. The standard InChI is InChI=1S/C15H18N2O3S/c16-14-8-4-5-9-15(14)21(19,20)17(10-11-18)12-13-6-2-1-3-7-13/h1-9,18H,10-12,16H2. The lowest BCUT2D eigenvalue weighted by atomic mass is 10.2. The van der Waals surface area contributed by atoms with E-state index in [1.54, 1.807) is 18.2 Å². The Bertz CT molecular complexity index is 687. The van der Waals surface area contributed by atoms with Gasteiger partial charge >= 0.3 is 0 Å². The smallest absolute Gasteiger partial charge is 0.245 e. The Labute approximate surface area is 124 Å². The maximum atomic E-state index is 12.7. The number of nitrogen functional groups attached to an aromatic ring is 1. The predicted octanol–water partition coefficient (Wildman–Crippen LogP) is 1.45. The molecule has 6 heteroatoms. The molecule has 0 saturated carbocycles. The van der Waals surface area contributed by atoms with Crippen molar-refractivity contribution in [2.75, 3.05) is 18.9 Å². The summed E-state index contributed by atoms with van der Waals surface area (Å²) in [6, 6.07) is 15.6. The fourth-order valence-electron chi connectivity index (χ4n) is 2.04. The molecule has 0 aliphatic heterocycles. The van der Waals surface area contributed by atoms with Crippen molar-refractivity contribution >= 4 is 15.7 Å². The molecule has 0 radical (unpaired) electrons. The molecule has 21 heavy (non-hydrogen) atoms. The van der Waals surface area contributed by atoms with E-state index in [0.29, 0.717) is 0 Å². The third-order valence-electron chi connectivity index (χ3n) is 3.09. The first-order valence-electron chi connectivity index (χ1n) is 6.55. The zero-order valence-electron chi connectivity index (χ0n) is 11.5. The number of benzene rings is 2. The SMILES string of the molecule is Nc1ccccc1S(=O)(=O)N(CCO)Cc1ccccc1. The van der Waals surface area contributed by atoms with Gasteiger partial charge in [0.25, 0.3) is 0 Å². The second-order valence-electron chi connectivity index (χ2n) is 4.59. The van der Waals surface area contributed by atoms with Crippen molar-refractivity contribution < 1.29 is 13.5 Å². The molecule has 112 valence electrons. The Morgan fingerprint density at radius 3 is 2.24 bits per heavy atom. The molecule has 0 aromatic heterocycles. The number of nitrogens with zero attached hydrogens (tertiary/aromatic N) is 1. The van der Waals surface area contributed by atoms with Crippen molar-refractivity contribution in [1.82, 2.24) is 4.31 Å². The largest absolute Gasteiger partial charge is 0.398 e. The second kappa shape index (κ2) is 6.71. The van der Waals surface area contributed by atoms with E-state index in [-0.39, 0.29) is 30.3 Å². The van der Waals surface area contributed by atoms with E-state index < -0.39 is 10.0 Å².